The topological polar surface area (TPSA) is 0 Å². The van der Waals surface area contributed by atoms with Crippen molar-refractivity contribution in [2.24, 2.45) is 0 Å². The molecule has 0 heterocycles. The van der Waals surface area contributed by atoms with Gasteiger partial charge in [-0.1, -0.05) is 27.3 Å². The lowest BCUT2D eigenvalue weighted by Crippen LogP contribution is -2.95. The van der Waals surface area contributed by atoms with Gasteiger partial charge in [0.05, 0.1) is 13.2 Å². The van der Waals surface area contributed by atoms with Crippen LogP contribution < -0.4 is 0 Å². The van der Waals surface area contributed by atoms with Gasteiger partial charge >= 0.3 is 0 Å². The molecule has 0 fully saturated rings. The molecular weight excluding hydrogens is 568 g/mol. The van der Waals surface area contributed by atoms with Crippen LogP contribution in [-0.2, 0) is 0 Å². The molecule has 0 aliphatic heterocycles. The Hall–Kier alpha value is 3.05. The van der Waals surface area contributed by atoms with E-state index in [4.69, 9.17) is 170 Å². The molecule has 0 aromatic rings. The lowest BCUT2D eigenvalue weighted by atomic mass is 8.25. The van der Waals surface area contributed by atoms with Crippen molar-refractivity contribution in [3.63, 3.8) is 0 Å². The zero-order valence-electron chi connectivity index (χ0n) is 32.1. The lowest BCUT2D eigenvalue weighted by Gasteiger charge is -2.58. The molecule has 0 aromatic heterocycles. The van der Waals surface area contributed by atoms with Crippen molar-refractivity contribution < 1.29 is 0 Å². The van der Waals surface area contributed by atoms with Gasteiger partial charge in [-0.05, 0) is 212 Å². The summed E-state index contributed by atoms with van der Waals surface area (Å²) in [5.41, 5.74) is 0. The highest BCUT2D eigenvalue weighted by molar-refractivity contribution is 8.35. The highest BCUT2D eigenvalue weighted by Crippen LogP contribution is 2.23. The molecule has 52 heavy (non-hydrogen) atoms. The van der Waals surface area contributed by atoms with E-state index in [1.807, 2.05) is 34.1 Å². The lowest BCUT2D eigenvalue weighted by molar-refractivity contribution is 2.09. The third-order valence-corrected chi connectivity index (χ3v) is 11.5. The summed E-state index contributed by atoms with van der Waals surface area (Å²) < 4.78 is 0. The van der Waals surface area contributed by atoms with Crippen molar-refractivity contribution in [1.82, 2.24) is 0 Å². The molecule has 178 valence electrons. The van der Waals surface area contributed by atoms with Gasteiger partial charge in [-0.25, -0.2) is 6.39 Å². The van der Waals surface area contributed by atoms with E-state index in [1.54, 1.807) is 0 Å². The maximum atomic E-state index is 7.28. The number of hydrogen-bond acceptors (Lipinski definition) is 0. The normalized spacial score (nSPS) is 9.83. The van der Waals surface area contributed by atoms with Crippen LogP contribution in [0.2, 0.25) is 34.1 Å². The molecule has 0 N–H and O–H groups in total. The number of hydrogen-bond donors (Lipinski definition) is 0. The van der Waals surface area contributed by atoms with Crippen LogP contribution in [0, 0.1) is 0 Å². The fraction of sp³-hybridized carbons (Fsp3) is 1.00. The van der Waals surface area contributed by atoms with E-state index >= 15 is 0 Å². The van der Waals surface area contributed by atoms with Gasteiger partial charge in [-0.3, -0.25) is 0 Å². The summed E-state index contributed by atoms with van der Waals surface area (Å²) in [6.07, 6.45) is -23.5. The van der Waals surface area contributed by atoms with E-state index < -0.39 is 141 Å². The minimum atomic E-state index is -1.25. The van der Waals surface area contributed by atoms with Crippen molar-refractivity contribution in [3.8, 4) is 0 Å². The van der Waals surface area contributed by atoms with E-state index in [1.165, 1.54) is 0 Å². The molecule has 0 amide bonds. The molecular formula is C5H15B47-2. The van der Waals surface area contributed by atoms with Gasteiger partial charge in [0, 0.05) is 77.0 Å². The Labute approximate surface area is 361 Å². The maximum Gasteiger partial charge on any atom is 0.0835 e. The van der Waals surface area contributed by atoms with Crippen LogP contribution in [-0.4, -0.2) is 330 Å². The molecule has 0 saturated heterocycles. The fourth-order valence-electron chi connectivity index (χ4n) is 9.54. The summed E-state index contributed by atoms with van der Waals surface area (Å²) in [7, 11) is 146. The van der Waals surface area contributed by atoms with Crippen LogP contribution in [0.4, 0.5) is 0 Å². The van der Waals surface area contributed by atoms with Gasteiger partial charge in [-0.15, -0.1) is 6.82 Å². The summed E-state index contributed by atoms with van der Waals surface area (Å²) >= 11 is 0. The van der Waals surface area contributed by atoms with Crippen LogP contribution in [0.1, 0.15) is 0 Å². The Morgan fingerprint density at radius 3 is 0.635 bits per heavy atom. The van der Waals surface area contributed by atoms with Gasteiger partial charge in [0.1, 0.15) is 0 Å². The predicted octanol–water partition coefficient (Wildman–Crippen LogP) is -15.0. The van der Waals surface area contributed by atoms with Crippen molar-refractivity contribution in [1.29, 1.82) is 0 Å². The highest BCUT2D eigenvalue weighted by atomic mass is 13.5. The van der Waals surface area contributed by atoms with Crippen LogP contribution in [0.15, 0.2) is 0 Å². The zero-order valence-corrected chi connectivity index (χ0v) is 32.1. The van der Waals surface area contributed by atoms with Gasteiger partial charge in [0.25, 0.3) is 0 Å². The van der Waals surface area contributed by atoms with Gasteiger partial charge in [-0.2, -0.15) is 6.49 Å². The summed E-state index contributed by atoms with van der Waals surface area (Å²) in [5, 5.41) is 0. The van der Waals surface area contributed by atoms with Crippen LogP contribution in [0.3, 0.4) is 0 Å². The van der Waals surface area contributed by atoms with Gasteiger partial charge < -0.3 is 15.5 Å². The van der Waals surface area contributed by atoms with Crippen molar-refractivity contribution in [3.05, 3.63) is 0 Å². The quantitative estimate of drug-likeness (QED) is 0.0992. The van der Waals surface area contributed by atoms with Crippen molar-refractivity contribution in [2.45, 2.75) is 34.1 Å². The Morgan fingerprint density at radius 1 is 0.250 bits per heavy atom. The van der Waals surface area contributed by atoms with Crippen molar-refractivity contribution in [2.75, 3.05) is 0 Å². The number of rotatable bonds is 24. The second-order valence-electron chi connectivity index (χ2n) is 16.0. The smallest absolute Gasteiger partial charge is 0.0835 e. The molecule has 47 heteroatoms. The monoisotopic (exact) mass is 593 g/mol. The van der Waals surface area contributed by atoms with Gasteiger partial charge in [0.15, 0.2) is 0 Å². The third kappa shape index (κ3) is 14.7. The maximum absolute atomic E-state index is 7.28. The average Bonchev–Trinajstić information content (AvgIpc) is 2.92. The first-order chi connectivity index (χ1) is 23.6. The largest absolute Gasteiger partial charge is 0.687 e. The molecule has 0 aromatic carbocycles. The van der Waals surface area contributed by atoms with E-state index in [0.29, 0.717) is 0 Å². The summed E-state index contributed by atoms with van der Waals surface area (Å²) in [6.45, 7) is 9.08. The summed E-state index contributed by atoms with van der Waals surface area (Å²) in [5.74, 6) is 0. The molecule has 0 saturated carbocycles. The molecule has 0 nitrogen and oxygen atoms in total. The average molecular weight is 583 g/mol. The fourth-order valence-corrected chi connectivity index (χ4v) is 9.54. The first kappa shape index (κ1) is 55.1. The minimum absolute atomic E-state index is 0.0965. The Bertz CT molecular complexity index is 800. The van der Waals surface area contributed by atoms with Crippen LogP contribution in [0.25, 0.3) is 0 Å². The Morgan fingerprint density at radius 2 is 0.462 bits per heavy atom. The summed E-state index contributed by atoms with van der Waals surface area (Å²) in [4.78, 5) is 0. The zero-order chi connectivity index (χ0) is 41.4. The second-order valence-corrected chi connectivity index (χ2v) is 16.0. The van der Waals surface area contributed by atoms with Crippen molar-refractivity contribution >= 4 is 330 Å². The van der Waals surface area contributed by atoms with E-state index in [-0.39, 0.29) is 19.6 Å². The standard InChI is InChI=1S/C5H15B47/c1-28(2)41(27)48(42(29(3)4)30(5)6)51(47(39(23)24)40(25)26)52(49(43(31(7)8)32(9)10)44(33(11)12)34(13)14)50(45(35(15)16)36(17)18)46(37(19)20)38(21)22/h1-5H3/q-2. The molecule has 0 aliphatic carbocycles. The molecule has 0 unspecified atom stereocenters. The Balaban J connectivity index is 9.73. The van der Waals surface area contributed by atoms with Crippen LogP contribution >= 0.6 is 0 Å². The van der Waals surface area contributed by atoms with E-state index in [9.17, 15) is 0 Å². The minimum Gasteiger partial charge on any atom is -0.687 e. The van der Waals surface area contributed by atoms with E-state index in [2.05, 4.69) is 0 Å². The molecule has 0 spiro atoms. The molecule has 0 bridgehead atoms. The first-order valence-corrected chi connectivity index (χ1v) is 18.2. The Kier molecular flexibility index (Phi) is 26.4. The molecule has 46 radical (unpaired) electrons. The molecule has 0 atom stereocenters. The molecule has 0 rings (SSSR count). The third-order valence-electron chi connectivity index (χ3n) is 11.5. The van der Waals surface area contributed by atoms with Gasteiger partial charge in [0.2, 0.25) is 0 Å². The van der Waals surface area contributed by atoms with E-state index in [0.717, 1.165) is 0 Å². The molecule has 0 aliphatic rings. The predicted molar refractivity (Wildman–Crippen MR) is 300 cm³/mol. The highest BCUT2D eigenvalue weighted by Gasteiger charge is 2.59. The second kappa shape index (κ2) is 25.0. The first-order valence-electron chi connectivity index (χ1n) is 18.2. The van der Waals surface area contributed by atoms with Crippen LogP contribution in [0.5, 0.6) is 0 Å². The SMILES string of the molecule is [B]B([B])B(B([B])[B])B(B(B([B])[B])B([B])[B])B(B(B(B([B])[B])B([B])[B])B(B([B])[B])B([B])[B-])B(B(B([B])[B])B([B])[B])B(B([B])B(C)C)B(B([B-])C)B(C)C. The summed E-state index contributed by atoms with van der Waals surface area (Å²) in [6, 6.07) is 0.